The smallest absolute Gasteiger partial charge is 0.478 e. The van der Waals surface area contributed by atoms with Crippen LogP contribution in [0.1, 0.15) is 15.9 Å². The van der Waals surface area contributed by atoms with Crippen molar-refractivity contribution in [2.75, 3.05) is 0 Å². The van der Waals surface area contributed by atoms with Crippen LogP contribution in [0.15, 0.2) is 18.2 Å². The molecule has 0 heterocycles. The number of aromatic carboxylic acids is 1. The SMILES string of the molecule is C[Si](C)(C)C#Cc1cc(OS(=O)(=O)F)cc(C(=O)O)c1. The second-order valence-electron chi connectivity index (χ2n) is 5.03. The molecule has 5 nitrogen and oxygen atoms in total. The molecule has 0 aromatic heterocycles. The van der Waals surface area contributed by atoms with Crippen molar-refractivity contribution in [3.63, 3.8) is 0 Å². The highest BCUT2D eigenvalue weighted by Gasteiger charge is 2.14. The molecular formula is C12H13FO5SSi. The van der Waals surface area contributed by atoms with E-state index in [0.29, 0.717) is 0 Å². The average molecular weight is 316 g/mol. The molecule has 0 aliphatic rings. The fourth-order valence-corrected chi connectivity index (χ4v) is 2.06. The van der Waals surface area contributed by atoms with Crippen LogP contribution in [-0.4, -0.2) is 27.6 Å². The molecule has 1 rings (SSSR count). The Morgan fingerprint density at radius 2 is 1.90 bits per heavy atom. The van der Waals surface area contributed by atoms with Crippen LogP contribution < -0.4 is 4.18 Å². The molecule has 108 valence electrons. The van der Waals surface area contributed by atoms with Crippen LogP contribution in [0.25, 0.3) is 0 Å². The second kappa shape index (κ2) is 5.64. The summed E-state index contributed by atoms with van der Waals surface area (Å²) in [6.45, 7) is 5.97. The largest absolute Gasteiger partial charge is 0.488 e. The van der Waals surface area contributed by atoms with Gasteiger partial charge in [0.05, 0.1) is 5.56 Å². The van der Waals surface area contributed by atoms with Gasteiger partial charge in [-0.3, -0.25) is 0 Å². The summed E-state index contributed by atoms with van der Waals surface area (Å²) < 4.78 is 37.4. The first-order valence-electron chi connectivity index (χ1n) is 5.52. The molecule has 0 amide bonds. The van der Waals surface area contributed by atoms with Crippen LogP contribution in [0.3, 0.4) is 0 Å². The lowest BCUT2D eigenvalue weighted by Crippen LogP contribution is -2.16. The fourth-order valence-electron chi connectivity index (χ4n) is 1.22. The molecule has 1 aromatic rings. The van der Waals surface area contributed by atoms with Gasteiger partial charge in [-0.05, 0) is 18.2 Å². The van der Waals surface area contributed by atoms with Crippen LogP contribution >= 0.6 is 0 Å². The minimum Gasteiger partial charge on any atom is -0.478 e. The number of halogens is 1. The Kier molecular flexibility index (Phi) is 4.57. The zero-order valence-electron chi connectivity index (χ0n) is 11.1. The van der Waals surface area contributed by atoms with Gasteiger partial charge >= 0.3 is 16.5 Å². The monoisotopic (exact) mass is 316 g/mol. The first kappa shape index (κ1) is 16.2. The highest BCUT2D eigenvalue weighted by molar-refractivity contribution is 7.81. The number of carboxylic acid groups (broad SMARTS) is 1. The first-order valence-corrected chi connectivity index (χ1v) is 10.3. The van der Waals surface area contributed by atoms with Gasteiger partial charge in [0, 0.05) is 5.56 Å². The van der Waals surface area contributed by atoms with Gasteiger partial charge in [-0.15, -0.1) is 5.54 Å². The summed E-state index contributed by atoms with van der Waals surface area (Å²) in [5, 5.41) is 8.92. The molecule has 0 radical (unpaired) electrons. The Balaban J connectivity index is 3.31. The van der Waals surface area contributed by atoms with E-state index in [4.69, 9.17) is 5.11 Å². The van der Waals surface area contributed by atoms with Gasteiger partial charge in [-0.25, -0.2) is 4.79 Å². The van der Waals surface area contributed by atoms with E-state index >= 15 is 0 Å². The molecule has 0 saturated heterocycles. The highest BCUT2D eigenvalue weighted by atomic mass is 32.3. The van der Waals surface area contributed by atoms with Gasteiger partial charge < -0.3 is 9.29 Å². The lowest BCUT2D eigenvalue weighted by atomic mass is 10.1. The van der Waals surface area contributed by atoms with Crippen LogP contribution in [0, 0.1) is 11.5 Å². The van der Waals surface area contributed by atoms with E-state index in [1.807, 2.05) is 19.6 Å². The summed E-state index contributed by atoms with van der Waals surface area (Å²) in [5.74, 6) is 1.04. The van der Waals surface area contributed by atoms with Crippen molar-refractivity contribution in [3.05, 3.63) is 29.3 Å². The fraction of sp³-hybridized carbons (Fsp3) is 0.250. The third kappa shape index (κ3) is 5.86. The van der Waals surface area contributed by atoms with E-state index < -0.39 is 30.3 Å². The molecule has 0 aliphatic carbocycles. The minimum absolute atomic E-state index is 0.231. The Hall–Kier alpha value is -1.85. The Morgan fingerprint density at radius 1 is 1.30 bits per heavy atom. The van der Waals surface area contributed by atoms with Gasteiger partial charge in [0.25, 0.3) is 0 Å². The van der Waals surface area contributed by atoms with Crippen molar-refractivity contribution in [1.82, 2.24) is 0 Å². The summed E-state index contributed by atoms with van der Waals surface area (Å²) in [7, 11) is -6.90. The van der Waals surface area contributed by atoms with E-state index in [0.717, 1.165) is 6.07 Å². The highest BCUT2D eigenvalue weighted by Crippen LogP contribution is 2.19. The van der Waals surface area contributed by atoms with Crippen molar-refractivity contribution in [3.8, 4) is 17.2 Å². The second-order valence-corrected chi connectivity index (χ2v) is 10.7. The van der Waals surface area contributed by atoms with E-state index in [9.17, 15) is 17.1 Å². The molecule has 0 bridgehead atoms. The summed E-state index contributed by atoms with van der Waals surface area (Å²) in [5.41, 5.74) is 3.02. The van der Waals surface area contributed by atoms with E-state index in [1.165, 1.54) is 12.1 Å². The van der Waals surface area contributed by atoms with E-state index in [-0.39, 0.29) is 11.1 Å². The maximum absolute atomic E-state index is 12.5. The predicted octanol–water partition coefficient (Wildman–Crippen LogP) is 2.21. The van der Waals surface area contributed by atoms with E-state index in [1.54, 1.807) is 0 Å². The van der Waals surface area contributed by atoms with Crippen molar-refractivity contribution >= 4 is 24.5 Å². The average Bonchev–Trinajstić information content (AvgIpc) is 2.22. The number of benzene rings is 1. The van der Waals surface area contributed by atoms with Crippen molar-refractivity contribution in [1.29, 1.82) is 0 Å². The maximum atomic E-state index is 12.5. The number of carboxylic acids is 1. The minimum atomic E-state index is -5.21. The zero-order valence-corrected chi connectivity index (χ0v) is 12.9. The molecule has 0 saturated carbocycles. The van der Waals surface area contributed by atoms with Crippen LogP contribution in [-0.2, 0) is 10.5 Å². The van der Waals surface area contributed by atoms with Gasteiger partial charge in [-0.1, -0.05) is 29.4 Å². The Morgan fingerprint density at radius 3 is 2.35 bits per heavy atom. The molecule has 1 aromatic carbocycles. The summed E-state index contributed by atoms with van der Waals surface area (Å²) in [6.07, 6.45) is 0. The molecule has 0 spiro atoms. The molecule has 1 N–H and O–H groups in total. The molecule has 20 heavy (non-hydrogen) atoms. The van der Waals surface area contributed by atoms with Gasteiger partial charge in [-0.2, -0.15) is 8.42 Å². The third-order valence-corrected chi connectivity index (χ3v) is 3.20. The Labute approximate surface area is 117 Å². The maximum Gasteiger partial charge on any atom is 0.488 e. The lowest BCUT2D eigenvalue weighted by Gasteiger charge is -2.05. The van der Waals surface area contributed by atoms with Crippen LogP contribution in [0.2, 0.25) is 19.6 Å². The van der Waals surface area contributed by atoms with E-state index in [2.05, 4.69) is 15.6 Å². The van der Waals surface area contributed by atoms with Gasteiger partial charge in [0.15, 0.2) is 0 Å². The quantitative estimate of drug-likeness (QED) is 0.525. The normalized spacial score (nSPS) is 11.4. The van der Waals surface area contributed by atoms with Crippen molar-refractivity contribution in [2.45, 2.75) is 19.6 Å². The number of rotatable bonds is 3. The molecule has 0 unspecified atom stereocenters. The molecular weight excluding hydrogens is 303 g/mol. The molecule has 8 heteroatoms. The van der Waals surface area contributed by atoms with Gasteiger partial charge in [0.1, 0.15) is 13.8 Å². The standard InChI is InChI=1S/C12H13FO5SSi/c1-20(2,3)5-4-9-6-10(12(14)15)8-11(7-9)18-19(13,16)17/h6-8H,1-3H3,(H,14,15). The topological polar surface area (TPSA) is 80.7 Å². The van der Waals surface area contributed by atoms with Gasteiger partial charge in [0.2, 0.25) is 0 Å². The molecule has 0 atom stereocenters. The Bertz CT molecular complexity index is 695. The summed E-state index contributed by atoms with van der Waals surface area (Å²) in [4.78, 5) is 10.9. The van der Waals surface area contributed by atoms with Crippen LogP contribution in [0.4, 0.5) is 3.89 Å². The van der Waals surface area contributed by atoms with Crippen molar-refractivity contribution in [2.24, 2.45) is 0 Å². The summed E-state index contributed by atoms with van der Waals surface area (Å²) in [6, 6.07) is 3.36. The zero-order chi connectivity index (χ0) is 15.6. The number of hydrogen-bond acceptors (Lipinski definition) is 4. The third-order valence-electron chi connectivity index (χ3n) is 1.93. The van der Waals surface area contributed by atoms with Crippen molar-refractivity contribution < 1.29 is 26.4 Å². The molecule has 0 fully saturated rings. The first-order chi connectivity index (χ1) is 8.96. The number of carbonyl (C=O) groups is 1. The number of hydrogen-bond donors (Lipinski definition) is 1. The predicted molar refractivity (Wildman–Crippen MR) is 74.3 cm³/mol. The van der Waals surface area contributed by atoms with Crippen LogP contribution in [0.5, 0.6) is 5.75 Å². The lowest BCUT2D eigenvalue weighted by molar-refractivity contribution is 0.0696. The summed E-state index contributed by atoms with van der Waals surface area (Å²) >= 11 is 0. The molecule has 0 aliphatic heterocycles.